The van der Waals surface area contributed by atoms with Crippen molar-refractivity contribution in [2.75, 3.05) is 7.11 Å². The molecule has 0 amide bonds. The Kier molecular flexibility index (Phi) is 4.87. The number of hydrogen-bond acceptors (Lipinski definition) is 4. The molecule has 0 atom stereocenters. The Morgan fingerprint density at radius 2 is 2.00 bits per heavy atom. The Balaban J connectivity index is 3.34. The molecule has 5 heteroatoms. The molecule has 0 bridgehead atoms. The van der Waals surface area contributed by atoms with E-state index >= 15 is 0 Å². The van der Waals surface area contributed by atoms with Gasteiger partial charge in [0.25, 0.3) is 0 Å². The van der Waals surface area contributed by atoms with Gasteiger partial charge in [-0.2, -0.15) is 0 Å². The second kappa shape index (κ2) is 5.80. The molecule has 0 aliphatic rings. The van der Waals surface area contributed by atoms with Crippen LogP contribution in [0.4, 0.5) is 0 Å². The molecule has 1 aromatic heterocycles. The fourth-order valence-electron chi connectivity index (χ4n) is 2.00. The van der Waals surface area contributed by atoms with Crippen LogP contribution in [0, 0.1) is 0 Å². The summed E-state index contributed by atoms with van der Waals surface area (Å²) in [7, 11) is 1.66. The van der Waals surface area contributed by atoms with E-state index in [9.17, 15) is 9.90 Å². The SMILES string of the molecule is CCC(CC)(OC)c1nc(C(C)C)c(C(=O)O)s1. The summed E-state index contributed by atoms with van der Waals surface area (Å²) in [5.74, 6) is -0.802. The number of carboxylic acid groups (broad SMARTS) is 1. The van der Waals surface area contributed by atoms with Crippen molar-refractivity contribution >= 4 is 17.3 Å². The molecule has 18 heavy (non-hydrogen) atoms. The maximum atomic E-state index is 11.3. The number of nitrogens with zero attached hydrogens (tertiary/aromatic N) is 1. The van der Waals surface area contributed by atoms with Gasteiger partial charge in [-0.15, -0.1) is 11.3 Å². The standard InChI is InChI=1S/C13H21NO3S/c1-6-13(7-2,17-5)12-14-9(8(3)4)10(18-12)11(15)16/h8H,6-7H2,1-5H3,(H,15,16). The molecule has 1 N–H and O–H groups in total. The monoisotopic (exact) mass is 271 g/mol. The third kappa shape index (κ3) is 2.57. The molecule has 102 valence electrons. The van der Waals surface area contributed by atoms with Gasteiger partial charge in [0, 0.05) is 7.11 Å². The van der Waals surface area contributed by atoms with E-state index in [1.54, 1.807) is 7.11 Å². The van der Waals surface area contributed by atoms with Gasteiger partial charge in [0.15, 0.2) is 0 Å². The van der Waals surface area contributed by atoms with Crippen LogP contribution in [0.1, 0.15) is 66.8 Å². The van der Waals surface area contributed by atoms with Crippen molar-refractivity contribution in [3.8, 4) is 0 Å². The van der Waals surface area contributed by atoms with E-state index in [0.29, 0.717) is 10.6 Å². The van der Waals surface area contributed by atoms with Gasteiger partial charge in [-0.25, -0.2) is 9.78 Å². The van der Waals surface area contributed by atoms with Crippen LogP contribution in [0.25, 0.3) is 0 Å². The summed E-state index contributed by atoms with van der Waals surface area (Å²) >= 11 is 1.24. The Morgan fingerprint density at radius 1 is 1.44 bits per heavy atom. The fourth-order valence-corrected chi connectivity index (χ4v) is 3.37. The van der Waals surface area contributed by atoms with Gasteiger partial charge in [0.1, 0.15) is 15.5 Å². The average Bonchev–Trinajstić information content (AvgIpc) is 2.78. The molecule has 0 aromatic carbocycles. The Morgan fingerprint density at radius 3 is 2.28 bits per heavy atom. The van der Waals surface area contributed by atoms with Gasteiger partial charge in [0.2, 0.25) is 0 Å². The molecule has 1 heterocycles. The van der Waals surface area contributed by atoms with Crippen molar-refractivity contribution in [1.29, 1.82) is 0 Å². The normalized spacial score (nSPS) is 12.1. The summed E-state index contributed by atoms with van der Waals surface area (Å²) in [6, 6.07) is 0. The smallest absolute Gasteiger partial charge is 0.347 e. The summed E-state index contributed by atoms with van der Waals surface area (Å²) < 4.78 is 5.61. The number of thiazole rings is 1. The number of aromatic carboxylic acids is 1. The van der Waals surface area contributed by atoms with Crippen LogP contribution in [0.2, 0.25) is 0 Å². The zero-order chi connectivity index (χ0) is 13.9. The Hall–Kier alpha value is -0.940. The minimum atomic E-state index is -0.903. The highest BCUT2D eigenvalue weighted by Gasteiger charge is 2.34. The van der Waals surface area contributed by atoms with Crippen molar-refractivity contribution in [1.82, 2.24) is 4.98 Å². The lowest BCUT2D eigenvalue weighted by molar-refractivity contribution is -0.0220. The van der Waals surface area contributed by atoms with Crippen molar-refractivity contribution in [2.24, 2.45) is 0 Å². The van der Waals surface area contributed by atoms with Crippen LogP contribution in [0.5, 0.6) is 0 Å². The first-order valence-corrected chi connectivity index (χ1v) is 7.03. The molecule has 4 nitrogen and oxygen atoms in total. The molecular formula is C13H21NO3S. The van der Waals surface area contributed by atoms with E-state index < -0.39 is 11.6 Å². The molecule has 0 aliphatic carbocycles. The summed E-state index contributed by atoms with van der Waals surface area (Å²) in [4.78, 5) is 16.1. The summed E-state index contributed by atoms with van der Waals surface area (Å²) in [6.07, 6.45) is 1.56. The summed E-state index contributed by atoms with van der Waals surface area (Å²) in [5, 5.41) is 10.0. The number of carboxylic acids is 1. The number of ether oxygens (including phenoxy) is 1. The molecular weight excluding hydrogens is 250 g/mol. The number of rotatable bonds is 6. The van der Waals surface area contributed by atoms with Gasteiger partial charge in [-0.05, 0) is 18.8 Å². The third-order valence-electron chi connectivity index (χ3n) is 3.32. The topological polar surface area (TPSA) is 59.4 Å². The van der Waals surface area contributed by atoms with Crippen LogP contribution < -0.4 is 0 Å². The van der Waals surface area contributed by atoms with Crippen LogP contribution in [0.15, 0.2) is 0 Å². The maximum Gasteiger partial charge on any atom is 0.347 e. The molecule has 0 spiro atoms. The van der Waals surface area contributed by atoms with Crippen LogP contribution >= 0.6 is 11.3 Å². The van der Waals surface area contributed by atoms with Gasteiger partial charge in [-0.1, -0.05) is 27.7 Å². The summed E-state index contributed by atoms with van der Waals surface area (Å²) in [5.41, 5.74) is 0.202. The molecule has 1 aromatic rings. The Labute approximate surface area is 112 Å². The van der Waals surface area contributed by atoms with E-state index in [2.05, 4.69) is 4.98 Å². The number of carbonyl (C=O) groups is 1. The Bertz CT molecular complexity index is 414. The first-order valence-electron chi connectivity index (χ1n) is 6.21. The highest BCUT2D eigenvalue weighted by atomic mass is 32.1. The largest absolute Gasteiger partial charge is 0.477 e. The molecule has 0 aliphatic heterocycles. The predicted molar refractivity (Wildman–Crippen MR) is 72.4 cm³/mol. The van der Waals surface area contributed by atoms with Gasteiger partial charge >= 0.3 is 5.97 Å². The highest BCUT2D eigenvalue weighted by molar-refractivity contribution is 7.13. The molecule has 0 saturated heterocycles. The van der Waals surface area contributed by atoms with Gasteiger partial charge in [0.05, 0.1) is 5.69 Å². The van der Waals surface area contributed by atoms with Crippen LogP contribution in [-0.4, -0.2) is 23.2 Å². The second-order valence-electron chi connectivity index (χ2n) is 4.60. The third-order valence-corrected chi connectivity index (χ3v) is 4.56. The number of methoxy groups -OCH3 is 1. The summed E-state index contributed by atoms with van der Waals surface area (Å²) in [6.45, 7) is 7.98. The van der Waals surface area contributed by atoms with Crippen molar-refractivity contribution in [2.45, 2.75) is 52.1 Å². The average molecular weight is 271 g/mol. The first kappa shape index (κ1) is 15.1. The number of hydrogen-bond donors (Lipinski definition) is 1. The molecule has 1 rings (SSSR count). The van der Waals surface area contributed by atoms with Crippen LogP contribution in [0.3, 0.4) is 0 Å². The number of aromatic nitrogens is 1. The first-order chi connectivity index (χ1) is 8.41. The highest BCUT2D eigenvalue weighted by Crippen LogP contribution is 2.38. The zero-order valence-corrected chi connectivity index (χ0v) is 12.4. The minimum Gasteiger partial charge on any atom is -0.477 e. The van der Waals surface area contributed by atoms with E-state index in [1.807, 2.05) is 27.7 Å². The quantitative estimate of drug-likeness (QED) is 0.858. The van der Waals surface area contributed by atoms with Crippen molar-refractivity contribution < 1.29 is 14.6 Å². The zero-order valence-electron chi connectivity index (χ0n) is 11.6. The maximum absolute atomic E-state index is 11.3. The lowest BCUT2D eigenvalue weighted by atomic mass is 9.98. The second-order valence-corrected chi connectivity index (χ2v) is 5.60. The van der Waals surface area contributed by atoms with Gasteiger partial charge in [-0.3, -0.25) is 0 Å². The van der Waals surface area contributed by atoms with Crippen molar-refractivity contribution in [3.63, 3.8) is 0 Å². The van der Waals surface area contributed by atoms with E-state index in [-0.39, 0.29) is 5.92 Å². The lowest BCUT2D eigenvalue weighted by Gasteiger charge is -2.27. The molecule has 0 saturated carbocycles. The molecule has 0 radical (unpaired) electrons. The van der Waals surface area contributed by atoms with E-state index in [1.165, 1.54) is 11.3 Å². The van der Waals surface area contributed by atoms with E-state index in [4.69, 9.17) is 4.74 Å². The minimum absolute atomic E-state index is 0.101. The lowest BCUT2D eigenvalue weighted by Crippen LogP contribution is -2.26. The predicted octanol–water partition coefficient (Wildman–Crippen LogP) is 3.63. The molecule has 0 unspecified atom stereocenters. The van der Waals surface area contributed by atoms with Gasteiger partial charge < -0.3 is 9.84 Å². The van der Waals surface area contributed by atoms with Crippen LogP contribution in [-0.2, 0) is 10.3 Å². The van der Waals surface area contributed by atoms with E-state index in [0.717, 1.165) is 17.8 Å². The van der Waals surface area contributed by atoms with Crippen molar-refractivity contribution in [3.05, 3.63) is 15.6 Å². The molecule has 0 fully saturated rings. The fraction of sp³-hybridized carbons (Fsp3) is 0.692.